The first-order valence-corrected chi connectivity index (χ1v) is 5.90. The lowest BCUT2D eigenvalue weighted by Gasteiger charge is -2.39. The number of rotatable bonds is 2. The van der Waals surface area contributed by atoms with E-state index in [0.29, 0.717) is 19.0 Å². The third-order valence-electron chi connectivity index (χ3n) is 2.64. The molecule has 0 aromatic carbocycles. The van der Waals surface area contributed by atoms with Crippen molar-refractivity contribution in [1.82, 2.24) is 15.3 Å². The molecule has 98 valence electrons. The molecule has 1 aromatic rings. The first kappa shape index (κ1) is 12.7. The zero-order valence-electron chi connectivity index (χ0n) is 10.8. The van der Waals surface area contributed by atoms with E-state index in [1.54, 1.807) is 0 Å². The van der Waals surface area contributed by atoms with Crippen molar-refractivity contribution in [2.24, 2.45) is 5.92 Å². The lowest BCUT2D eigenvalue weighted by Crippen LogP contribution is -2.57. The summed E-state index contributed by atoms with van der Waals surface area (Å²) in [6.45, 7) is 7.00. The van der Waals surface area contributed by atoms with Gasteiger partial charge in [0.15, 0.2) is 5.82 Å². The summed E-state index contributed by atoms with van der Waals surface area (Å²) < 4.78 is 12.7. The predicted octanol–water partition coefficient (Wildman–Crippen LogP) is 0.967. The molecule has 6 heteroatoms. The molecular formula is C12H17FN4O. The van der Waals surface area contributed by atoms with E-state index >= 15 is 0 Å². The molecule has 0 saturated carbocycles. The van der Waals surface area contributed by atoms with Crippen LogP contribution in [0.2, 0.25) is 0 Å². The van der Waals surface area contributed by atoms with Crippen molar-refractivity contribution in [2.45, 2.75) is 26.3 Å². The summed E-state index contributed by atoms with van der Waals surface area (Å²) >= 11 is 0. The van der Waals surface area contributed by atoms with Gasteiger partial charge >= 0.3 is 0 Å². The van der Waals surface area contributed by atoms with Gasteiger partial charge in [-0.05, 0) is 20.8 Å². The zero-order valence-corrected chi connectivity index (χ0v) is 10.8. The van der Waals surface area contributed by atoms with E-state index < -0.39 is 5.82 Å². The fourth-order valence-electron chi connectivity index (χ4n) is 1.75. The number of hydrogen-bond acceptors (Lipinski definition) is 4. The second-order valence-electron chi connectivity index (χ2n) is 5.54. The molecule has 1 aliphatic rings. The van der Waals surface area contributed by atoms with E-state index in [4.69, 9.17) is 0 Å². The van der Waals surface area contributed by atoms with Crippen molar-refractivity contribution in [3.05, 3.63) is 18.2 Å². The van der Waals surface area contributed by atoms with Crippen LogP contribution in [0.15, 0.2) is 12.4 Å². The van der Waals surface area contributed by atoms with Gasteiger partial charge in [-0.15, -0.1) is 0 Å². The minimum atomic E-state index is -0.457. The molecule has 18 heavy (non-hydrogen) atoms. The summed E-state index contributed by atoms with van der Waals surface area (Å²) in [6, 6.07) is 0. The Bertz CT molecular complexity index is 434. The maximum Gasteiger partial charge on any atom is 0.227 e. The number of hydrogen-bond donors (Lipinski definition) is 1. The van der Waals surface area contributed by atoms with E-state index in [0.717, 1.165) is 12.4 Å². The van der Waals surface area contributed by atoms with Crippen LogP contribution in [0, 0.1) is 11.7 Å². The van der Waals surface area contributed by atoms with Gasteiger partial charge in [0, 0.05) is 18.6 Å². The Morgan fingerprint density at radius 2 is 1.94 bits per heavy atom. The van der Waals surface area contributed by atoms with Gasteiger partial charge in [0.1, 0.15) is 0 Å². The molecule has 1 aromatic heterocycles. The van der Waals surface area contributed by atoms with Gasteiger partial charge in [-0.25, -0.2) is 14.4 Å². The molecule has 1 saturated heterocycles. The van der Waals surface area contributed by atoms with Crippen LogP contribution >= 0.6 is 0 Å². The molecule has 2 heterocycles. The number of anilines is 1. The molecule has 0 radical (unpaired) electrons. The second kappa shape index (κ2) is 4.51. The molecule has 0 bridgehead atoms. The molecule has 1 fully saturated rings. The van der Waals surface area contributed by atoms with Crippen molar-refractivity contribution < 1.29 is 9.18 Å². The largest absolute Gasteiger partial charge is 0.351 e. The SMILES string of the molecule is CC(C)(C)NC(=O)C1CN(c2ncc(F)cn2)C1. The number of aromatic nitrogens is 2. The van der Waals surface area contributed by atoms with E-state index in [1.165, 1.54) is 0 Å². The minimum Gasteiger partial charge on any atom is -0.351 e. The average Bonchev–Trinajstić information content (AvgIpc) is 2.15. The summed E-state index contributed by atoms with van der Waals surface area (Å²) in [4.78, 5) is 21.4. The van der Waals surface area contributed by atoms with Crippen molar-refractivity contribution in [3.63, 3.8) is 0 Å². The number of amides is 1. The molecule has 1 amide bonds. The maximum atomic E-state index is 12.7. The highest BCUT2D eigenvalue weighted by molar-refractivity contribution is 5.82. The second-order valence-corrected chi connectivity index (χ2v) is 5.54. The Kier molecular flexibility index (Phi) is 3.19. The van der Waals surface area contributed by atoms with Gasteiger partial charge in [0.25, 0.3) is 0 Å². The van der Waals surface area contributed by atoms with E-state index in [-0.39, 0.29) is 17.4 Å². The topological polar surface area (TPSA) is 58.1 Å². The van der Waals surface area contributed by atoms with Crippen LogP contribution in [-0.2, 0) is 4.79 Å². The number of halogens is 1. The summed E-state index contributed by atoms with van der Waals surface area (Å²) in [5, 5.41) is 2.94. The monoisotopic (exact) mass is 252 g/mol. The summed E-state index contributed by atoms with van der Waals surface area (Å²) in [5.41, 5.74) is -0.218. The molecule has 0 spiro atoms. The van der Waals surface area contributed by atoms with Crippen LogP contribution in [-0.4, -0.2) is 34.5 Å². The Labute approximate surface area is 105 Å². The molecular weight excluding hydrogens is 235 g/mol. The quantitative estimate of drug-likeness (QED) is 0.852. The van der Waals surface area contributed by atoms with E-state index in [2.05, 4.69) is 15.3 Å². The Morgan fingerprint density at radius 3 is 2.44 bits per heavy atom. The highest BCUT2D eigenvalue weighted by Crippen LogP contribution is 2.21. The maximum absolute atomic E-state index is 12.7. The normalized spacial score (nSPS) is 16.3. The summed E-state index contributed by atoms with van der Waals surface area (Å²) in [6.07, 6.45) is 2.26. The molecule has 5 nitrogen and oxygen atoms in total. The first-order chi connectivity index (χ1) is 8.35. The fraction of sp³-hybridized carbons (Fsp3) is 0.583. The number of carbonyl (C=O) groups is 1. The number of nitrogens with zero attached hydrogens (tertiary/aromatic N) is 3. The van der Waals surface area contributed by atoms with E-state index in [1.807, 2.05) is 25.7 Å². The van der Waals surface area contributed by atoms with E-state index in [9.17, 15) is 9.18 Å². The zero-order chi connectivity index (χ0) is 13.3. The van der Waals surface area contributed by atoms with Crippen LogP contribution in [0.5, 0.6) is 0 Å². The predicted molar refractivity (Wildman–Crippen MR) is 65.6 cm³/mol. The lowest BCUT2D eigenvalue weighted by molar-refractivity contribution is -0.127. The Morgan fingerprint density at radius 1 is 1.39 bits per heavy atom. The van der Waals surface area contributed by atoms with Crippen LogP contribution in [0.3, 0.4) is 0 Å². The summed E-state index contributed by atoms with van der Waals surface area (Å²) in [7, 11) is 0. The number of nitrogens with one attached hydrogen (secondary N) is 1. The van der Waals surface area contributed by atoms with Crippen molar-refractivity contribution >= 4 is 11.9 Å². The Hall–Kier alpha value is -1.72. The molecule has 0 unspecified atom stereocenters. The highest BCUT2D eigenvalue weighted by Gasteiger charge is 2.35. The van der Waals surface area contributed by atoms with Gasteiger partial charge in [-0.3, -0.25) is 4.79 Å². The summed E-state index contributed by atoms with van der Waals surface area (Å²) in [5.74, 6) is 0.0104. The van der Waals surface area contributed by atoms with Gasteiger partial charge < -0.3 is 10.2 Å². The fourth-order valence-corrected chi connectivity index (χ4v) is 1.75. The van der Waals surface area contributed by atoms with Crippen LogP contribution in [0.1, 0.15) is 20.8 Å². The van der Waals surface area contributed by atoms with Crippen molar-refractivity contribution in [3.8, 4) is 0 Å². The average molecular weight is 252 g/mol. The van der Waals surface area contributed by atoms with Crippen molar-refractivity contribution in [1.29, 1.82) is 0 Å². The van der Waals surface area contributed by atoms with Crippen LogP contribution < -0.4 is 10.2 Å². The molecule has 2 rings (SSSR count). The van der Waals surface area contributed by atoms with Crippen molar-refractivity contribution in [2.75, 3.05) is 18.0 Å². The van der Waals surface area contributed by atoms with Gasteiger partial charge in [0.2, 0.25) is 11.9 Å². The van der Waals surface area contributed by atoms with Crippen LogP contribution in [0.25, 0.3) is 0 Å². The number of carbonyl (C=O) groups excluding carboxylic acids is 1. The lowest BCUT2D eigenvalue weighted by atomic mass is 9.98. The highest BCUT2D eigenvalue weighted by atomic mass is 19.1. The van der Waals surface area contributed by atoms with Crippen LogP contribution in [0.4, 0.5) is 10.3 Å². The molecule has 1 aliphatic heterocycles. The molecule has 0 atom stereocenters. The van der Waals surface area contributed by atoms with Gasteiger partial charge in [-0.2, -0.15) is 0 Å². The third kappa shape index (κ3) is 2.94. The standard InChI is InChI=1S/C12H17FN4O/c1-12(2,3)16-10(18)8-6-17(7-8)11-14-4-9(13)5-15-11/h4-5,8H,6-7H2,1-3H3,(H,16,18). The van der Waals surface area contributed by atoms with Gasteiger partial charge in [-0.1, -0.05) is 0 Å². The smallest absolute Gasteiger partial charge is 0.227 e. The minimum absolute atomic E-state index is 0.0425. The molecule has 1 N–H and O–H groups in total. The Balaban J connectivity index is 1.87. The first-order valence-electron chi connectivity index (χ1n) is 5.90. The third-order valence-corrected chi connectivity index (χ3v) is 2.64. The van der Waals surface area contributed by atoms with Gasteiger partial charge in [0.05, 0.1) is 18.3 Å². The molecule has 0 aliphatic carbocycles.